The number of carbonyl (C=O) groups is 3. The lowest BCUT2D eigenvalue weighted by Gasteiger charge is -2.24. The second-order valence-electron chi connectivity index (χ2n) is 4.05. The number of benzene rings is 1. The van der Waals surface area contributed by atoms with Gasteiger partial charge in [-0.2, -0.15) is 0 Å². The summed E-state index contributed by atoms with van der Waals surface area (Å²) in [6.07, 6.45) is 0. The minimum absolute atomic E-state index is 0.364. The minimum atomic E-state index is -1.98. The molecule has 0 radical (unpaired) electrons. The van der Waals surface area contributed by atoms with E-state index in [0.717, 1.165) is 0 Å². The van der Waals surface area contributed by atoms with E-state index in [1.54, 1.807) is 18.2 Å². The van der Waals surface area contributed by atoms with Crippen molar-refractivity contribution in [1.29, 1.82) is 0 Å². The maximum atomic E-state index is 12.0. The van der Waals surface area contributed by atoms with Gasteiger partial charge in [-0.3, -0.25) is 4.79 Å². The SMILES string of the molecule is CN1C(=O)[C@H](C(C(=O)[O-])C(=O)[O-])c2ccccc21. The monoisotopic (exact) mass is 247 g/mol. The second-order valence-corrected chi connectivity index (χ2v) is 4.05. The fraction of sp³-hybridized carbons (Fsp3) is 0.250. The molecule has 94 valence electrons. The first-order valence-electron chi connectivity index (χ1n) is 5.23. The fourth-order valence-electron chi connectivity index (χ4n) is 2.21. The van der Waals surface area contributed by atoms with Crippen molar-refractivity contribution < 1.29 is 24.6 Å². The number of likely N-dealkylation sites (N-methyl/N-ethyl adjacent to an activating group) is 1. The van der Waals surface area contributed by atoms with Gasteiger partial charge >= 0.3 is 0 Å². The van der Waals surface area contributed by atoms with Gasteiger partial charge in [0.1, 0.15) is 0 Å². The van der Waals surface area contributed by atoms with Gasteiger partial charge in [-0.15, -0.1) is 0 Å². The van der Waals surface area contributed by atoms with Crippen LogP contribution in [0, 0.1) is 5.92 Å². The van der Waals surface area contributed by atoms with E-state index in [2.05, 4.69) is 0 Å². The van der Waals surface area contributed by atoms with Crippen LogP contribution in [0.25, 0.3) is 0 Å². The van der Waals surface area contributed by atoms with Gasteiger partial charge < -0.3 is 24.7 Å². The molecule has 0 unspecified atom stereocenters. The molecule has 2 rings (SSSR count). The maximum absolute atomic E-state index is 12.0. The molecule has 1 atom stereocenters. The molecule has 6 heteroatoms. The van der Waals surface area contributed by atoms with Crippen LogP contribution in [0.1, 0.15) is 11.5 Å². The molecule has 1 aliphatic rings. The van der Waals surface area contributed by atoms with E-state index in [-0.39, 0.29) is 0 Å². The molecule has 1 heterocycles. The van der Waals surface area contributed by atoms with Crippen LogP contribution in [0.5, 0.6) is 0 Å². The van der Waals surface area contributed by atoms with Crippen molar-refractivity contribution in [3.63, 3.8) is 0 Å². The lowest BCUT2D eigenvalue weighted by atomic mass is 9.87. The molecule has 0 N–H and O–H groups in total. The highest BCUT2D eigenvalue weighted by Gasteiger charge is 2.41. The van der Waals surface area contributed by atoms with Gasteiger partial charge in [0.15, 0.2) is 0 Å². The first-order chi connectivity index (χ1) is 8.45. The molecule has 18 heavy (non-hydrogen) atoms. The van der Waals surface area contributed by atoms with E-state index in [1.165, 1.54) is 18.0 Å². The summed E-state index contributed by atoms with van der Waals surface area (Å²) in [7, 11) is 1.46. The molecule has 1 aromatic rings. The van der Waals surface area contributed by atoms with Crippen LogP contribution in [-0.4, -0.2) is 24.9 Å². The van der Waals surface area contributed by atoms with Crippen LogP contribution in [-0.2, 0) is 14.4 Å². The van der Waals surface area contributed by atoms with E-state index in [4.69, 9.17) is 0 Å². The number of carboxylic acids is 2. The topological polar surface area (TPSA) is 101 Å². The number of rotatable bonds is 3. The summed E-state index contributed by atoms with van der Waals surface area (Å²) in [6.45, 7) is 0. The predicted octanol–water partition coefficient (Wildman–Crippen LogP) is -2.14. The second kappa shape index (κ2) is 4.14. The average Bonchev–Trinajstić information content (AvgIpc) is 2.55. The molecule has 0 spiro atoms. The zero-order chi connectivity index (χ0) is 13.4. The van der Waals surface area contributed by atoms with Crippen molar-refractivity contribution in [2.75, 3.05) is 11.9 Å². The summed E-state index contributed by atoms with van der Waals surface area (Å²) >= 11 is 0. The molecule has 1 aliphatic heterocycles. The first-order valence-corrected chi connectivity index (χ1v) is 5.23. The Labute approximate surface area is 102 Å². The highest BCUT2D eigenvalue weighted by Crippen LogP contribution is 2.40. The summed E-state index contributed by atoms with van der Waals surface area (Å²) in [5.74, 6) is -7.50. The zero-order valence-corrected chi connectivity index (χ0v) is 9.45. The van der Waals surface area contributed by atoms with Crippen LogP contribution in [0.2, 0.25) is 0 Å². The molecule has 0 fully saturated rings. The predicted molar refractivity (Wildman–Crippen MR) is 56.1 cm³/mol. The third kappa shape index (κ3) is 1.62. The molecule has 0 saturated heterocycles. The summed E-state index contributed by atoms with van der Waals surface area (Å²) in [5, 5.41) is 21.8. The third-order valence-corrected chi connectivity index (χ3v) is 3.07. The van der Waals surface area contributed by atoms with Crippen molar-refractivity contribution >= 4 is 23.5 Å². The van der Waals surface area contributed by atoms with Crippen LogP contribution >= 0.6 is 0 Å². The molecule has 1 aromatic carbocycles. The number of carboxylic acid groups (broad SMARTS) is 2. The Hall–Kier alpha value is -2.37. The highest BCUT2D eigenvalue weighted by molar-refractivity contribution is 6.10. The van der Waals surface area contributed by atoms with Gasteiger partial charge in [0.2, 0.25) is 5.91 Å². The van der Waals surface area contributed by atoms with Crippen LogP contribution in [0.4, 0.5) is 5.69 Å². The lowest BCUT2D eigenvalue weighted by Crippen LogP contribution is -2.48. The number of nitrogens with zero attached hydrogens (tertiary/aromatic N) is 1. The molecular weight excluding hydrogens is 238 g/mol. The zero-order valence-electron chi connectivity index (χ0n) is 9.45. The smallest absolute Gasteiger partial charge is 0.235 e. The minimum Gasteiger partial charge on any atom is -0.549 e. The van der Waals surface area contributed by atoms with Crippen molar-refractivity contribution in [3.8, 4) is 0 Å². The molecular formula is C12H9NO5-2. The summed E-state index contributed by atoms with van der Waals surface area (Å²) in [6, 6.07) is 6.44. The van der Waals surface area contributed by atoms with E-state index >= 15 is 0 Å². The van der Waals surface area contributed by atoms with E-state index in [0.29, 0.717) is 11.3 Å². The van der Waals surface area contributed by atoms with Gasteiger partial charge in [-0.25, -0.2) is 0 Å². The number of aliphatic carboxylic acids is 2. The highest BCUT2D eigenvalue weighted by atomic mass is 16.4. The summed E-state index contributed by atoms with van der Waals surface area (Å²) < 4.78 is 0. The van der Waals surface area contributed by atoms with Crippen molar-refractivity contribution in [2.24, 2.45) is 5.92 Å². The normalized spacial score (nSPS) is 18.0. The quantitative estimate of drug-likeness (QED) is 0.567. The Bertz CT molecular complexity index is 525. The van der Waals surface area contributed by atoms with Gasteiger partial charge in [0.25, 0.3) is 0 Å². The Morgan fingerprint density at radius 1 is 1.22 bits per heavy atom. The molecule has 0 aliphatic carbocycles. The van der Waals surface area contributed by atoms with Crippen molar-refractivity contribution in [2.45, 2.75) is 5.92 Å². The van der Waals surface area contributed by atoms with Crippen LogP contribution in [0.15, 0.2) is 24.3 Å². The summed E-state index contributed by atoms with van der Waals surface area (Å²) in [4.78, 5) is 35.0. The number of hydrogen-bond acceptors (Lipinski definition) is 5. The van der Waals surface area contributed by atoms with Crippen molar-refractivity contribution in [1.82, 2.24) is 0 Å². The number of para-hydroxylation sites is 1. The van der Waals surface area contributed by atoms with Gasteiger partial charge in [0, 0.05) is 12.7 Å². The molecule has 0 saturated carbocycles. The van der Waals surface area contributed by atoms with E-state index < -0.39 is 29.7 Å². The van der Waals surface area contributed by atoms with Crippen LogP contribution < -0.4 is 15.1 Å². The lowest BCUT2D eigenvalue weighted by molar-refractivity contribution is -0.332. The first kappa shape index (κ1) is 12.1. The Morgan fingerprint density at radius 3 is 2.33 bits per heavy atom. The van der Waals surface area contributed by atoms with E-state index in [9.17, 15) is 24.6 Å². The standard InChI is InChI=1S/C12H11NO5/c1-13-7-5-3-2-4-6(7)8(10(13)14)9(11(15)16)12(17)18/h2-5,8-9H,1H3,(H,15,16)(H,17,18)/p-2/t8-/m0/s1. The third-order valence-electron chi connectivity index (χ3n) is 3.07. The van der Waals surface area contributed by atoms with Gasteiger partial charge in [0.05, 0.1) is 23.8 Å². The molecule has 0 aromatic heterocycles. The summed E-state index contributed by atoms with van der Waals surface area (Å²) in [5.41, 5.74) is 0.864. The van der Waals surface area contributed by atoms with Crippen molar-refractivity contribution in [3.05, 3.63) is 29.8 Å². The fourth-order valence-corrected chi connectivity index (χ4v) is 2.21. The molecule has 6 nitrogen and oxygen atoms in total. The van der Waals surface area contributed by atoms with Crippen LogP contribution in [0.3, 0.4) is 0 Å². The number of carbonyl (C=O) groups excluding carboxylic acids is 3. The Balaban J connectivity index is 2.55. The number of anilines is 1. The Morgan fingerprint density at radius 2 is 1.78 bits per heavy atom. The maximum Gasteiger partial charge on any atom is 0.235 e. The molecule has 0 bridgehead atoms. The van der Waals surface area contributed by atoms with Gasteiger partial charge in [-0.05, 0) is 11.6 Å². The van der Waals surface area contributed by atoms with E-state index in [1.807, 2.05) is 0 Å². The average molecular weight is 247 g/mol. The number of amides is 1. The molecule has 1 amide bonds. The largest absolute Gasteiger partial charge is 0.549 e. The number of hydrogen-bond donors (Lipinski definition) is 0. The van der Waals surface area contributed by atoms with Gasteiger partial charge in [-0.1, -0.05) is 18.2 Å². The Kier molecular flexibility index (Phi) is 2.78. The number of fused-ring (bicyclic) bond motifs is 1.